The van der Waals surface area contributed by atoms with Gasteiger partial charge in [0.05, 0.1) is 12.0 Å². The summed E-state index contributed by atoms with van der Waals surface area (Å²) in [6.45, 7) is 0. The second-order valence-corrected chi connectivity index (χ2v) is 9.30. The van der Waals surface area contributed by atoms with Crippen molar-refractivity contribution in [2.24, 2.45) is 0 Å². The number of nitrogens with zero attached hydrogens (tertiary/aromatic N) is 1. The molecule has 134 valence electrons. The molecular formula is C17H17Br2NO3S2. The van der Waals surface area contributed by atoms with E-state index in [1.54, 1.807) is 17.0 Å². The summed E-state index contributed by atoms with van der Waals surface area (Å²) in [6.07, 6.45) is 7.17. The van der Waals surface area contributed by atoms with Crippen molar-refractivity contribution in [2.45, 2.75) is 38.1 Å². The number of hydrogen-bond donors (Lipinski definition) is 1. The van der Waals surface area contributed by atoms with Gasteiger partial charge in [0.2, 0.25) is 0 Å². The normalized spacial score (nSPS) is 20.6. The van der Waals surface area contributed by atoms with Crippen molar-refractivity contribution >= 4 is 72.1 Å². The molecule has 1 N–H and O–H groups in total. The molecule has 1 saturated heterocycles. The summed E-state index contributed by atoms with van der Waals surface area (Å²) in [4.78, 5) is 15.2. The number of amides is 1. The Morgan fingerprint density at radius 2 is 2.04 bits per heavy atom. The first-order valence-electron chi connectivity index (χ1n) is 7.96. The van der Waals surface area contributed by atoms with Gasteiger partial charge >= 0.3 is 0 Å². The zero-order valence-electron chi connectivity index (χ0n) is 13.6. The first kappa shape index (κ1) is 19.2. The van der Waals surface area contributed by atoms with Gasteiger partial charge in [-0.1, -0.05) is 43.2 Å². The van der Waals surface area contributed by atoms with Gasteiger partial charge in [-0.3, -0.25) is 9.69 Å². The molecule has 1 aliphatic carbocycles. The molecule has 0 spiro atoms. The predicted octanol–water partition coefficient (Wildman–Crippen LogP) is 5.46. The van der Waals surface area contributed by atoms with Gasteiger partial charge in [-0.05, 0) is 56.8 Å². The predicted molar refractivity (Wildman–Crippen MR) is 112 cm³/mol. The summed E-state index contributed by atoms with van der Waals surface area (Å²) in [7, 11) is 1.49. The van der Waals surface area contributed by atoms with E-state index in [0.717, 1.165) is 30.2 Å². The largest absolute Gasteiger partial charge is 0.504 e. The van der Waals surface area contributed by atoms with Crippen LogP contribution in [-0.4, -0.2) is 33.4 Å². The van der Waals surface area contributed by atoms with Gasteiger partial charge in [0.1, 0.15) is 4.32 Å². The molecule has 2 fully saturated rings. The number of thioether (sulfide) groups is 1. The SMILES string of the molecule is COc1cc(Br)c(Br)c(C=C2SC(=S)N(C3CCCCC3)C2=O)c1O. The van der Waals surface area contributed by atoms with Crippen LogP contribution in [0.3, 0.4) is 0 Å². The number of phenols is 1. The third kappa shape index (κ3) is 3.77. The molecule has 0 unspecified atom stereocenters. The van der Waals surface area contributed by atoms with Crippen molar-refractivity contribution in [3.8, 4) is 11.5 Å². The van der Waals surface area contributed by atoms with Crippen molar-refractivity contribution in [2.75, 3.05) is 7.11 Å². The van der Waals surface area contributed by atoms with Crippen LogP contribution in [0.2, 0.25) is 0 Å². The lowest BCUT2D eigenvalue weighted by Crippen LogP contribution is -2.39. The Morgan fingerprint density at radius 3 is 2.68 bits per heavy atom. The minimum atomic E-state index is -0.0767. The Balaban J connectivity index is 1.96. The number of halogens is 2. The zero-order valence-corrected chi connectivity index (χ0v) is 18.4. The molecule has 8 heteroatoms. The summed E-state index contributed by atoms with van der Waals surface area (Å²) >= 11 is 13.6. The van der Waals surface area contributed by atoms with Gasteiger partial charge in [0, 0.05) is 20.6 Å². The van der Waals surface area contributed by atoms with Gasteiger partial charge in [0.25, 0.3) is 5.91 Å². The standard InChI is InChI=1S/C17H17Br2NO3S2/c1-23-12-8-11(18)14(19)10(15(12)21)7-13-16(22)20(17(24)25-13)9-5-3-2-4-6-9/h7-9,21H,2-6H2,1H3. The average Bonchev–Trinajstić information content (AvgIpc) is 2.89. The fourth-order valence-corrected chi connectivity index (χ4v) is 5.38. The molecule has 1 amide bonds. The number of ether oxygens (including phenoxy) is 1. The van der Waals surface area contributed by atoms with Crippen LogP contribution >= 0.6 is 55.8 Å². The first-order valence-corrected chi connectivity index (χ1v) is 10.8. The van der Waals surface area contributed by atoms with E-state index in [1.165, 1.54) is 25.3 Å². The summed E-state index contributed by atoms with van der Waals surface area (Å²) in [6, 6.07) is 1.87. The molecule has 1 aliphatic heterocycles. The number of benzene rings is 1. The van der Waals surface area contributed by atoms with Crippen LogP contribution < -0.4 is 4.74 Å². The maximum atomic E-state index is 12.9. The molecule has 0 aromatic heterocycles. The Bertz CT molecular complexity index is 761. The van der Waals surface area contributed by atoms with E-state index in [2.05, 4.69) is 31.9 Å². The highest BCUT2D eigenvalue weighted by Gasteiger charge is 2.37. The maximum absolute atomic E-state index is 12.9. The van der Waals surface area contributed by atoms with E-state index in [0.29, 0.717) is 25.0 Å². The molecule has 0 radical (unpaired) electrons. The number of carbonyl (C=O) groups excluding carboxylic acids is 1. The van der Waals surface area contributed by atoms with Crippen molar-refractivity contribution in [1.29, 1.82) is 0 Å². The number of hydrogen-bond acceptors (Lipinski definition) is 5. The topological polar surface area (TPSA) is 49.8 Å². The second kappa shape index (κ2) is 7.98. The van der Waals surface area contributed by atoms with E-state index < -0.39 is 0 Å². The third-order valence-corrected chi connectivity index (χ3v) is 7.79. The summed E-state index contributed by atoms with van der Waals surface area (Å²) in [5.41, 5.74) is 0.496. The van der Waals surface area contributed by atoms with E-state index in [4.69, 9.17) is 17.0 Å². The second-order valence-electron chi connectivity index (χ2n) is 5.98. The Labute approximate surface area is 173 Å². The molecular weight excluding hydrogens is 490 g/mol. The first-order chi connectivity index (χ1) is 11.9. The van der Waals surface area contributed by atoms with E-state index >= 15 is 0 Å². The Morgan fingerprint density at radius 1 is 1.36 bits per heavy atom. The van der Waals surface area contributed by atoms with Gasteiger partial charge < -0.3 is 9.84 Å². The molecule has 0 bridgehead atoms. The van der Waals surface area contributed by atoms with Gasteiger partial charge in [-0.25, -0.2) is 0 Å². The van der Waals surface area contributed by atoms with Crippen LogP contribution in [0.25, 0.3) is 6.08 Å². The molecule has 2 aliphatic rings. The highest BCUT2D eigenvalue weighted by molar-refractivity contribution is 9.13. The maximum Gasteiger partial charge on any atom is 0.266 e. The van der Waals surface area contributed by atoms with Crippen LogP contribution in [0.5, 0.6) is 11.5 Å². The molecule has 4 nitrogen and oxygen atoms in total. The summed E-state index contributed by atoms with van der Waals surface area (Å²) < 4.78 is 7.18. The number of carbonyl (C=O) groups is 1. The lowest BCUT2D eigenvalue weighted by Gasteiger charge is -2.29. The lowest BCUT2D eigenvalue weighted by molar-refractivity contribution is -0.124. The summed E-state index contributed by atoms with van der Waals surface area (Å²) in [5.74, 6) is 0.247. The molecule has 1 aromatic rings. The molecule has 0 atom stereocenters. The molecule has 25 heavy (non-hydrogen) atoms. The third-order valence-electron chi connectivity index (χ3n) is 4.45. The van der Waals surface area contributed by atoms with E-state index in [1.807, 2.05) is 0 Å². The van der Waals surface area contributed by atoms with Crippen molar-refractivity contribution in [1.82, 2.24) is 4.90 Å². The van der Waals surface area contributed by atoms with Crippen LogP contribution in [0, 0.1) is 0 Å². The zero-order chi connectivity index (χ0) is 18.1. The number of aromatic hydroxyl groups is 1. The minimum absolute atomic E-state index is 0.0134. The van der Waals surface area contributed by atoms with Crippen LogP contribution in [-0.2, 0) is 4.79 Å². The van der Waals surface area contributed by atoms with Crippen molar-refractivity contribution in [3.05, 3.63) is 25.5 Å². The molecule has 1 saturated carbocycles. The van der Waals surface area contributed by atoms with E-state index in [-0.39, 0.29) is 17.7 Å². The number of rotatable bonds is 3. The van der Waals surface area contributed by atoms with Crippen molar-refractivity contribution < 1.29 is 14.6 Å². The Hall–Kier alpha value is -0.570. The molecule has 3 rings (SSSR count). The van der Waals surface area contributed by atoms with Crippen molar-refractivity contribution in [3.63, 3.8) is 0 Å². The fourth-order valence-electron chi connectivity index (χ4n) is 3.16. The minimum Gasteiger partial charge on any atom is -0.504 e. The summed E-state index contributed by atoms with van der Waals surface area (Å²) in [5, 5.41) is 10.4. The van der Waals surface area contributed by atoms with Crippen LogP contribution in [0.15, 0.2) is 19.9 Å². The number of thiocarbonyl (C=S) groups is 1. The lowest BCUT2D eigenvalue weighted by atomic mass is 9.94. The highest BCUT2D eigenvalue weighted by atomic mass is 79.9. The monoisotopic (exact) mass is 505 g/mol. The molecule has 1 aromatic carbocycles. The van der Waals surface area contributed by atoms with Crippen LogP contribution in [0.1, 0.15) is 37.7 Å². The van der Waals surface area contributed by atoms with Gasteiger partial charge in [-0.15, -0.1) is 0 Å². The van der Waals surface area contributed by atoms with E-state index in [9.17, 15) is 9.90 Å². The van der Waals surface area contributed by atoms with Gasteiger partial charge in [0.15, 0.2) is 11.5 Å². The van der Waals surface area contributed by atoms with Crippen LogP contribution in [0.4, 0.5) is 0 Å². The van der Waals surface area contributed by atoms with Gasteiger partial charge in [-0.2, -0.15) is 0 Å². The molecule has 1 heterocycles. The Kier molecular flexibility index (Phi) is 6.13. The number of methoxy groups -OCH3 is 1. The average molecular weight is 507 g/mol. The highest BCUT2D eigenvalue weighted by Crippen LogP contribution is 2.44. The quantitative estimate of drug-likeness (QED) is 0.435. The fraction of sp³-hybridized carbons (Fsp3) is 0.412. The number of phenolic OH excluding ortho intramolecular Hbond substituents is 1. The smallest absolute Gasteiger partial charge is 0.266 e.